The number of hydrogen-bond donors (Lipinski definition) is 2. The highest BCUT2D eigenvalue weighted by molar-refractivity contribution is 5.87. The molecule has 11 nitrogen and oxygen atoms in total. The predicted molar refractivity (Wildman–Crippen MR) is 113 cm³/mol. The fourth-order valence-electron chi connectivity index (χ4n) is 3.83. The number of nitrogens with one attached hydrogen (secondary N) is 2. The number of tetrazole rings is 1. The van der Waals surface area contributed by atoms with Gasteiger partial charge in [-0.25, -0.2) is 0 Å². The van der Waals surface area contributed by atoms with Gasteiger partial charge in [-0.05, 0) is 16.8 Å². The van der Waals surface area contributed by atoms with Gasteiger partial charge in [0.1, 0.15) is 6.54 Å². The summed E-state index contributed by atoms with van der Waals surface area (Å²) in [5, 5.41) is 19.8. The minimum atomic E-state index is -4.57. The number of nitrogens with zero attached hydrogens (tertiary/aromatic N) is 7. The summed E-state index contributed by atoms with van der Waals surface area (Å²) in [6, 6.07) is 5.57. The number of aromatic nitrogens is 6. The van der Waals surface area contributed by atoms with Gasteiger partial charge in [-0.2, -0.15) is 23.5 Å². The second-order valence-corrected chi connectivity index (χ2v) is 7.81. The van der Waals surface area contributed by atoms with Gasteiger partial charge < -0.3 is 10.2 Å². The van der Waals surface area contributed by atoms with Gasteiger partial charge >= 0.3 is 6.18 Å². The summed E-state index contributed by atoms with van der Waals surface area (Å²) in [6.45, 7) is 3.47. The maximum Gasteiger partial charge on any atom is 0.417 e. The zero-order valence-electron chi connectivity index (χ0n) is 18.2. The van der Waals surface area contributed by atoms with Crippen molar-refractivity contribution in [1.29, 1.82) is 0 Å². The smallest absolute Gasteiger partial charge is 0.339 e. The number of aromatic amines is 1. The Bertz CT molecular complexity index is 1150. The van der Waals surface area contributed by atoms with Crippen LogP contribution in [-0.4, -0.2) is 78.2 Å². The van der Waals surface area contributed by atoms with Crippen molar-refractivity contribution in [3.8, 4) is 11.4 Å². The van der Waals surface area contributed by atoms with E-state index in [0.717, 1.165) is 6.07 Å². The van der Waals surface area contributed by atoms with Crippen LogP contribution in [0, 0.1) is 0 Å². The van der Waals surface area contributed by atoms with Crippen LogP contribution in [0.2, 0.25) is 0 Å². The molecule has 1 aromatic carbocycles. The summed E-state index contributed by atoms with van der Waals surface area (Å²) in [5.41, 5.74) is -0.493. The Morgan fingerprint density at radius 1 is 1.15 bits per heavy atom. The minimum Gasteiger partial charge on any atom is -0.339 e. The third-order valence-electron chi connectivity index (χ3n) is 5.39. The highest BCUT2D eigenvalue weighted by Crippen LogP contribution is 2.38. The van der Waals surface area contributed by atoms with E-state index in [2.05, 4.69) is 31.0 Å². The Labute approximate surface area is 191 Å². The van der Waals surface area contributed by atoms with Crippen LogP contribution in [0.1, 0.15) is 18.1 Å². The van der Waals surface area contributed by atoms with Crippen LogP contribution in [0.5, 0.6) is 0 Å². The predicted octanol–water partition coefficient (Wildman–Crippen LogP) is 1.38. The molecule has 3 heterocycles. The van der Waals surface area contributed by atoms with Crippen molar-refractivity contribution in [2.24, 2.45) is 0 Å². The molecule has 1 aliphatic heterocycles. The van der Waals surface area contributed by atoms with Crippen LogP contribution in [0.3, 0.4) is 0 Å². The van der Waals surface area contributed by atoms with Crippen molar-refractivity contribution in [1.82, 2.24) is 40.2 Å². The van der Waals surface area contributed by atoms with Gasteiger partial charge in [0.05, 0.1) is 5.56 Å². The van der Waals surface area contributed by atoms with Crippen LogP contribution in [0.25, 0.3) is 11.4 Å². The first-order valence-electron chi connectivity index (χ1n) is 10.4. The molecule has 180 valence electrons. The number of anilines is 1. The van der Waals surface area contributed by atoms with Crippen LogP contribution in [0.15, 0.2) is 30.5 Å². The van der Waals surface area contributed by atoms with Crippen LogP contribution >= 0.6 is 0 Å². The summed E-state index contributed by atoms with van der Waals surface area (Å²) < 4.78 is 42.3. The molecule has 0 bridgehead atoms. The molecule has 2 N–H and O–H groups in total. The molecule has 0 aliphatic carbocycles. The highest BCUT2D eigenvalue weighted by atomic mass is 19.4. The number of halogens is 3. The molecule has 1 aliphatic rings. The van der Waals surface area contributed by atoms with E-state index in [0.29, 0.717) is 37.6 Å². The van der Waals surface area contributed by atoms with Crippen LogP contribution in [0.4, 0.5) is 19.0 Å². The van der Waals surface area contributed by atoms with E-state index in [-0.39, 0.29) is 36.3 Å². The summed E-state index contributed by atoms with van der Waals surface area (Å²) in [6.07, 6.45) is -2.96. The molecule has 0 spiro atoms. The number of H-pyrrole nitrogens is 1. The van der Waals surface area contributed by atoms with E-state index < -0.39 is 11.7 Å². The lowest BCUT2D eigenvalue weighted by Crippen LogP contribution is -2.49. The highest BCUT2D eigenvalue weighted by Gasteiger charge is 2.36. The lowest BCUT2D eigenvalue weighted by molar-refractivity contribution is -0.137. The lowest BCUT2D eigenvalue weighted by Gasteiger charge is -2.35. The molecule has 0 saturated carbocycles. The van der Waals surface area contributed by atoms with E-state index in [1.54, 1.807) is 23.2 Å². The van der Waals surface area contributed by atoms with Crippen molar-refractivity contribution < 1.29 is 22.8 Å². The SMILES string of the molecule is CC(=O)Nc1ccn(CC(=O)N2CCN(Cc3cccc(C(F)(F)F)c3-c3nn[nH]n3)CC2)n1. The molecule has 4 rings (SSSR count). The fourth-order valence-corrected chi connectivity index (χ4v) is 3.83. The van der Waals surface area contributed by atoms with E-state index in [4.69, 9.17) is 0 Å². The van der Waals surface area contributed by atoms with Gasteiger partial charge in [-0.3, -0.25) is 19.2 Å². The fraction of sp³-hybridized carbons (Fsp3) is 0.400. The van der Waals surface area contributed by atoms with Crippen molar-refractivity contribution in [2.75, 3.05) is 31.5 Å². The third-order valence-corrected chi connectivity index (χ3v) is 5.39. The minimum absolute atomic E-state index is 0.0230. The van der Waals surface area contributed by atoms with E-state index in [1.807, 2.05) is 4.90 Å². The van der Waals surface area contributed by atoms with Crippen LogP contribution < -0.4 is 5.32 Å². The number of carbonyl (C=O) groups excluding carboxylic acids is 2. The monoisotopic (exact) mass is 477 g/mol. The standard InChI is InChI=1S/C20H22F3N9O2/c1-13(33)24-16-5-6-32(27-16)12-17(34)31-9-7-30(8-10-31)11-14-3-2-4-15(20(21,22)23)18(14)19-25-28-29-26-19/h2-6H,7-12H2,1H3,(H,24,27,33)(H,25,26,28,29). The maximum atomic E-state index is 13.6. The Balaban J connectivity index is 1.39. The molecule has 2 amide bonds. The number of carbonyl (C=O) groups is 2. The Morgan fingerprint density at radius 2 is 1.91 bits per heavy atom. The maximum absolute atomic E-state index is 13.6. The first kappa shape index (κ1) is 23.4. The molecule has 14 heteroatoms. The molecule has 1 fully saturated rings. The summed E-state index contributed by atoms with van der Waals surface area (Å²) in [5.74, 6) is -0.141. The Hall–Kier alpha value is -3.81. The largest absolute Gasteiger partial charge is 0.417 e. The average Bonchev–Trinajstić information content (AvgIpc) is 3.45. The molecular formula is C20H22F3N9O2. The zero-order chi connectivity index (χ0) is 24.3. The molecule has 0 atom stereocenters. The van der Waals surface area contributed by atoms with Gasteiger partial charge in [-0.15, -0.1) is 10.2 Å². The molecule has 0 radical (unpaired) electrons. The van der Waals surface area contributed by atoms with Crippen molar-refractivity contribution in [3.63, 3.8) is 0 Å². The summed E-state index contributed by atoms with van der Waals surface area (Å²) in [7, 11) is 0. The number of rotatable bonds is 6. The second-order valence-electron chi connectivity index (χ2n) is 7.81. The quantitative estimate of drug-likeness (QED) is 0.550. The lowest BCUT2D eigenvalue weighted by atomic mass is 9.99. The van der Waals surface area contributed by atoms with Gasteiger partial charge in [0.15, 0.2) is 5.82 Å². The first-order valence-corrected chi connectivity index (χ1v) is 10.4. The van der Waals surface area contributed by atoms with Gasteiger partial charge in [-0.1, -0.05) is 12.1 Å². The molecule has 1 saturated heterocycles. The number of hydrogen-bond acceptors (Lipinski definition) is 7. The Morgan fingerprint density at radius 3 is 2.56 bits per heavy atom. The summed E-state index contributed by atoms with van der Waals surface area (Å²) in [4.78, 5) is 27.4. The number of amides is 2. The zero-order valence-corrected chi connectivity index (χ0v) is 18.2. The number of alkyl halides is 3. The molecular weight excluding hydrogens is 455 g/mol. The average molecular weight is 477 g/mol. The van der Waals surface area contributed by atoms with Crippen molar-refractivity contribution >= 4 is 17.6 Å². The number of piperazine rings is 1. The summed E-state index contributed by atoms with van der Waals surface area (Å²) >= 11 is 0. The van der Waals surface area contributed by atoms with E-state index >= 15 is 0 Å². The van der Waals surface area contributed by atoms with Crippen molar-refractivity contribution in [3.05, 3.63) is 41.6 Å². The first-order chi connectivity index (χ1) is 16.2. The van der Waals surface area contributed by atoms with E-state index in [9.17, 15) is 22.8 Å². The normalized spacial score (nSPS) is 14.9. The number of benzene rings is 1. The van der Waals surface area contributed by atoms with Gasteiger partial charge in [0.2, 0.25) is 17.6 Å². The second kappa shape index (κ2) is 9.59. The Kier molecular flexibility index (Phi) is 6.58. The van der Waals surface area contributed by atoms with Crippen molar-refractivity contribution in [2.45, 2.75) is 26.2 Å². The molecule has 3 aromatic rings. The van der Waals surface area contributed by atoms with Crippen LogP contribution in [-0.2, 0) is 28.9 Å². The topological polar surface area (TPSA) is 125 Å². The molecule has 2 aromatic heterocycles. The van der Waals surface area contributed by atoms with Gasteiger partial charge in [0, 0.05) is 57.5 Å². The van der Waals surface area contributed by atoms with Gasteiger partial charge in [0.25, 0.3) is 0 Å². The molecule has 34 heavy (non-hydrogen) atoms. The van der Waals surface area contributed by atoms with E-state index in [1.165, 1.54) is 17.7 Å². The molecule has 0 unspecified atom stereocenters. The third kappa shape index (κ3) is 5.39.